The quantitative estimate of drug-likeness (QED) is 0.0501. The number of hydrogen-bond acceptors (Lipinski definition) is 6. The van der Waals surface area contributed by atoms with Gasteiger partial charge in [0.15, 0.2) is 0 Å². The molecule has 0 radical (unpaired) electrons. The van der Waals surface area contributed by atoms with Gasteiger partial charge in [-0.3, -0.25) is 0 Å². The molecule has 0 aromatic rings. The Morgan fingerprint density at radius 1 is 0.340 bits per heavy atom. The number of carbonyl (C=O) groups excluding carboxylic acids is 1. The molecule has 0 fully saturated rings. The van der Waals surface area contributed by atoms with Gasteiger partial charge in [-0.15, -0.1) is 0 Å². The Labute approximate surface area is 293 Å². The molecular formula is C41H84O6. The van der Waals surface area contributed by atoms with Crippen molar-refractivity contribution in [2.24, 2.45) is 0 Å². The van der Waals surface area contributed by atoms with Gasteiger partial charge in [0.1, 0.15) is 0 Å². The lowest BCUT2D eigenvalue weighted by atomic mass is 10.0. The fourth-order valence-corrected chi connectivity index (χ4v) is 5.88. The van der Waals surface area contributed by atoms with E-state index < -0.39 is 6.16 Å². The molecule has 0 spiro atoms. The first kappa shape index (κ1) is 48.3. The molecule has 0 aliphatic heterocycles. The molecule has 284 valence electrons. The Hall–Kier alpha value is -0.850. The topological polar surface area (TPSA) is 85.2 Å². The lowest BCUT2D eigenvalue weighted by Gasteiger charge is -2.07. The minimum Gasteiger partial charge on any atom is -0.434 e. The van der Waals surface area contributed by atoms with Gasteiger partial charge in [-0.2, -0.15) is 0 Å². The number of unbranched alkanes of at least 4 members (excludes halogenated alkanes) is 30. The molecule has 0 aliphatic carbocycles. The number of ether oxygens (including phenoxy) is 3. The van der Waals surface area contributed by atoms with Crippen molar-refractivity contribution in [3.63, 3.8) is 0 Å². The first-order chi connectivity index (χ1) is 23.2. The normalized spacial score (nSPS) is 11.0. The third kappa shape index (κ3) is 49.6. The van der Waals surface area contributed by atoms with E-state index in [1.54, 1.807) is 0 Å². The van der Waals surface area contributed by atoms with Crippen LogP contribution in [0.1, 0.15) is 219 Å². The summed E-state index contributed by atoms with van der Waals surface area (Å²) in [6.45, 7) is 6.29. The zero-order chi connectivity index (χ0) is 34.6. The lowest BCUT2D eigenvalue weighted by Crippen LogP contribution is -2.09. The van der Waals surface area contributed by atoms with Crippen molar-refractivity contribution in [2.75, 3.05) is 39.6 Å². The number of rotatable bonds is 38. The summed E-state index contributed by atoms with van der Waals surface area (Å²) >= 11 is 0. The summed E-state index contributed by atoms with van der Waals surface area (Å²) in [5.41, 5.74) is 0. The highest BCUT2D eigenvalue weighted by Gasteiger charge is 2.03. The third-order valence-corrected chi connectivity index (χ3v) is 8.91. The van der Waals surface area contributed by atoms with E-state index in [9.17, 15) is 4.79 Å². The predicted octanol–water partition coefficient (Wildman–Crippen LogP) is 12.7. The van der Waals surface area contributed by atoms with Crippen LogP contribution in [0.15, 0.2) is 0 Å². The van der Waals surface area contributed by atoms with Crippen LogP contribution >= 0.6 is 0 Å². The first-order valence-electron chi connectivity index (χ1n) is 20.8. The maximum absolute atomic E-state index is 11.7. The van der Waals surface area contributed by atoms with Gasteiger partial charge >= 0.3 is 6.16 Å². The number of carbonyl (C=O) groups is 1. The van der Waals surface area contributed by atoms with Crippen LogP contribution in [0.5, 0.6) is 0 Å². The van der Waals surface area contributed by atoms with Crippen LogP contribution in [0.2, 0.25) is 0 Å². The molecule has 0 saturated carbocycles. The molecule has 0 aromatic carbocycles. The smallest absolute Gasteiger partial charge is 0.434 e. The molecular weight excluding hydrogens is 588 g/mol. The number of aliphatic hydroxyl groups excluding tert-OH is 2. The molecule has 0 heterocycles. The Bertz CT molecular complexity index is 500. The van der Waals surface area contributed by atoms with Crippen LogP contribution in [0.4, 0.5) is 4.79 Å². The van der Waals surface area contributed by atoms with Crippen LogP contribution in [0.25, 0.3) is 0 Å². The van der Waals surface area contributed by atoms with Crippen LogP contribution in [0.3, 0.4) is 0 Å². The largest absolute Gasteiger partial charge is 0.508 e. The second-order valence-electron chi connectivity index (χ2n) is 13.6. The highest BCUT2D eigenvalue weighted by atomic mass is 16.7. The second-order valence-corrected chi connectivity index (χ2v) is 13.6. The van der Waals surface area contributed by atoms with E-state index in [4.69, 9.17) is 19.7 Å². The summed E-state index contributed by atoms with van der Waals surface area (Å²) in [7, 11) is 0. The molecule has 6 nitrogen and oxygen atoms in total. The van der Waals surface area contributed by atoms with E-state index in [0.717, 1.165) is 25.7 Å². The predicted molar refractivity (Wildman–Crippen MR) is 201 cm³/mol. The molecule has 0 saturated heterocycles. The van der Waals surface area contributed by atoms with Gasteiger partial charge in [0.2, 0.25) is 0 Å². The van der Waals surface area contributed by atoms with Gasteiger partial charge < -0.3 is 24.4 Å². The summed E-state index contributed by atoms with van der Waals surface area (Å²) in [4.78, 5) is 11.7. The monoisotopic (exact) mass is 673 g/mol. The van der Waals surface area contributed by atoms with Crippen molar-refractivity contribution < 1.29 is 29.2 Å². The SMILES string of the molecule is CCCCCCCCCCCCCCCCCCOC(=O)OCCCCCCCCCCCCCCCCCC.OCCOCCO. The summed E-state index contributed by atoms with van der Waals surface area (Å²) in [6.07, 6.45) is 42.9. The van der Waals surface area contributed by atoms with Crippen LogP contribution < -0.4 is 0 Å². The average Bonchev–Trinajstić information content (AvgIpc) is 3.08. The Morgan fingerprint density at radius 2 is 0.553 bits per heavy atom. The zero-order valence-electron chi connectivity index (χ0n) is 31.9. The maximum Gasteiger partial charge on any atom is 0.508 e. The minimum absolute atomic E-state index is 0.0278. The van der Waals surface area contributed by atoms with Gasteiger partial charge in [0.25, 0.3) is 0 Å². The standard InChI is InChI=1S/C37H74O3.C4H10O3/c1-3-5-7-9-11-13-15-17-19-21-23-25-27-29-31-33-35-39-37(38)40-36-34-32-30-28-26-24-22-20-18-16-14-12-10-8-6-4-2;5-1-3-7-4-2-6/h3-36H2,1-2H3;5-6H,1-4H2. The van der Waals surface area contributed by atoms with E-state index in [1.165, 1.54) is 180 Å². The van der Waals surface area contributed by atoms with Crippen molar-refractivity contribution in [2.45, 2.75) is 219 Å². The zero-order valence-corrected chi connectivity index (χ0v) is 31.9. The fraction of sp³-hybridized carbons (Fsp3) is 0.976. The molecule has 2 N–H and O–H groups in total. The van der Waals surface area contributed by atoms with Crippen molar-refractivity contribution in [1.82, 2.24) is 0 Å². The molecule has 0 aromatic heterocycles. The highest BCUT2D eigenvalue weighted by Crippen LogP contribution is 2.15. The summed E-state index contributed by atoms with van der Waals surface area (Å²) in [5, 5.41) is 16.2. The van der Waals surface area contributed by atoms with Gasteiger partial charge in [-0.1, -0.05) is 206 Å². The van der Waals surface area contributed by atoms with Gasteiger partial charge in [0, 0.05) is 0 Å². The Morgan fingerprint density at radius 3 is 0.766 bits per heavy atom. The molecule has 0 bridgehead atoms. The summed E-state index contributed by atoms with van der Waals surface area (Å²) in [5.74, 6) is 0. The molecule has 6 heteroatoms. The van der Waals surface area contributed by atoms with E-state index in [1.807, 2.05) is 0 Å². The van der Waals surface area contributed by atoms with Crippen molar-refractivity contribution in [3.05, 3.63) is 0 Å². The van der Waals surface area contributed by atoms with Gasteiger partial charge in [-0.05, 0) is 12.8 Å². The van der Waals surface area contributed by atoms with E-state index in [-0.39, 0.29) is 13.2 Å². The molecule has 47 heavy (non-hydrogen) atoms. The molecule has 0 rings (SSSR count). The second kappa shape index (κ2) is 47.3. The third-order valence-electron chi connectivity index (χ3n) is 8.91. The first-order valence-corrected chi connectivity index (χ1v) is 20.8. The van der Waals surface area contributed by atoms with Gasteiger partial charge in [-0.25, -0.2) is 4.79 Å². The van der Waals surface area contributed by atoms with Crippen LogP contribution in [-0.2, 0) is 14.2 Å². The summed E-state index contributed by atoms with van der Waals surface area (Å²) in [6, 6.07) is 0. The molecule has 0 atom stereocenters. The van der Waals surface area contributed by atoms with Gasteiger partial charge in [0.05, 0.1) is 39.6 Å². The van der Waals surface area contributed by atoms with E-state index >= 15 is 0 Å². The summed E-state index contributed by atoms with van der Waals surface area (Å²) < 4.78 is 15.1. The number of hydrogen-bond donors (Lipinski definition) is 2. The molecule has 0 amide bonds. The Kier molecular flexibility index (Phi) is 48.5. The fourth-order valence-electron chi connectivity index (χ4n) is 5.88. The van der Waals surface area contributed by atoms with Crippen molar-refractivity contribution in [3.8, 4) is 0 Å². The van der Waals surface area contributed by atoms with Crippen LogP contribution in [-0.4, -0.2) is 56.0 Å². The number of aliphatic hydroxyl groups is 2. The molecule has 0 unspecified atom stereocenters. The minimum atomic E-state index is -0.470. The van der Waals surface area contributed by atoms with E-state index in [2.05, 4.69) is 18.6 Å². The van der Waals surface area contributed by atoms with Crippen molar-refractivity contribution in [1.29, 1.82) is 0 Å². The van der Waals surface area contributed by atoms with E-state index in [0.29, 0.717) is 26.4 Å². The lowest BCUT2D eigenvalue weighted by molar-refractivity contribution is 0.0529. The van der Waals surface area contributed by atoms with Crippen molar-refractivity contribution >= 4 is 6.16 Å². The average molecular weight is 673 g/mol. The van der Waals surface area contributed by atoms with Crippen LogP contribution in [0, 0.1) is 0 Å². The molecule has 0 aliphatic rings. The maximum atomic E-state index is 11.7. The highest BCUT2D eigenvalue weighted by molar-refractivity contribution is 5.59. The Balaban J connectivity index is 0.